The van der Waals surface area contributed by atoms with Gasteiger partial charge in [-0.25, -0.2) is 4.79 Å². The third-order valence-electron chi connectivity index (χ3n) is 3.25. The van der Waals surface area contributed by atoms with Crippen LogP contribution in [0.3, 0.4) is 0 Å². The maximum atomic E-state index is 11.7. The van der Waals surface area contributed by atoms with E-state index in [4.69, 9.17) is 5.11 Å². The van der Waals surface area contributed by atoms with Gasteiger partial charge in [-0.15, -0.1) is 0 Å². The number of carboxylic acid groups (broad SMARTS) is 1. The molecule has 21 heavy (non-hydrogen) atoms. The molecule has 0 heterocycles. The smallest absolute Gasteiger partial charge is 0.314 e. The molecule has 0 radical (unpaired) electrons. The molecule has 0 fully saturated rings. The Balaban J connectivity index is 3.78. The van der Waals surface area contributed by atoms with Crippen molar-refractivity contribution in [3.05, 3.63) is 0 Å². The van der Waals surface area contributed by atoms with E-state index in [2.05, 4.69) is 29.4 Å². The minimum absolute atomic E-state index is 0.0234. The summed E-state index contributed by atoms with van der Waals surface area (Å²) in [5, 5.41) is 14.3. The summed E-state index contributed by atoms with van der Waals surface area (Å²) in [5.74, 6) is -0.470. The predicted molar refractivity (Wildman–Crippen MR) is 84.4 cm³/mol. The number of carbonyl (C=O) groups excluding carboxylic acids is 1. The van der Waals surface area contributed by atoms with Gasteiger partial charge in [0.25, 0.3) is 0 Å². The lowest BCUT2D eigenvalue weighted by Crippen LogP contribution is -2.44. The number of hydrogen-bond donors (Lipinski definition) is 3. The van der Waals surface area contributed by atoms with E-state index in [1.807, 2.05) is 21.0 Å². The average Bonchev–Trinajstić information content (AvgIpc) is 2.32. The first-order valence-electron chi connectivity index (χ1n) is 7.50. The summed E-state index contributed by atoms with van der Waals surface area (Å²) in [6.07, 6.45) is 1.63. The second-order valence-corrected chi connectivity index (χ2v) is 6.84. The zero-order chi connectivity index (χ0) is 16.5. The van der Waals surface area contributed by atoms with Gasteiger partial charge in [-0.1, -0.05) is 20.8 Å². The molecule has 0 saturated carbocycles. The van der Waals surface area contributed by atoms with E-state index in [-0.39, 0.29) is 17.9 Å². The molecule has 0 bridgehead atoms. The van der Waals surface area contributed by atoms with E-state index in [1.54, 1.807) is 0 Å². The Bertz CT molecular complexity index is 330. The van der Waals surface area contributed by atoms with Gasteiger partial charge >= 0.3 is 12.0 Å². The number of nitrogens with one attached hydrogen (secondary N) is 2. The third-order valence-corrected chi connectivity index (χ3v) is 3.25. The molecule has 124 valence electrons. The highest BCUT2D eigenvalue weighted by atomic mass is 16.4. The Kier molecular flexibility index (Phi) is 9.01. The topological polar surface area (TPSA) is 81.7 Å². The third kappa shape index (κ3) is 12.2. The van der Waals surface area contributed by atoms with Crippen LogP contribution < -0.4 is 10.6 Å². The zero-order valence-electron chi connectivity index (χ0n) is 14.0. The fourth-order valence-corrected chi connectivity index (χ4v) is 2.24. The summed E-state index contributed by atoms with van der Waals surface area (Å²) in [7, 11) is 4.03. The molecule has 0 aliphatic heterocycles. The quantitative estimate of drug-likeness (QED) is 0.574. The van der Waals surface area contributed by atoms with Crippen molar-refractivity contribution >= 4 is 12.0 Å². The van der Waals surface area contributed by atoms with Gasteiger partial charge in [-0.05, 0) is 38.3 Å². The molecule has 0 aromatic heterocycles. The van der Waals surface area contributed by atoms with Crippen LogP contribution >= 0.6 is 0 Å². The number of nitrogens with zero attached hydrogens (tertiary/aromatic N) is 1. The van der Waals surface area contributed by atoms with Crippen LogP contribution in [0.2, 0.25) is 0 Å². The highest BCUT2D eigenvalue weighted by Gasteiger charge is 2.19. The Morgan fingerprint density at radius 2 is 1.81 bits per heavy atom. The van der Waals surface area contributed by atoms with Gasteiger partial charge in [-0.3, -0.25) is 4.79 Å². The highest BCUT2D eigenvalue weighted by molar-refractivity contribution is 5.73. The molecule has 1 unspecified atom stereocenters. The largest absolute Gasteiger partial charge is 0.481 e. The van der Waals surface area contributed by atoms with Crippen molar-refractivity contribution in [1.29, 1.82) is 0 Å². The number of carboxylic acids is 1. The lowest BCUT2D eigenvalue weighted by atomic mass is 9.93. The first-order chi connectivity index (χ1) is 9.62. The number of aliphatic carboxylic acids is 1. The number of hydrogen-bond acceptors (Lipinski definition) is 3. The Hall–Kier alpha value is -1.30. The van der Waals surface area contributed by atoms with E-state index in [1.165, 1.54) is 0 Å². The average molecular weight is 301 g/mol. The maximum absolute atomic E-state index is 11.7. The van der Waals surface area contributed by atoms with Crippen molar-refractivity contribution in [1.82, 2.24) is 15.5 Å². The van der Waals surface area contributed by atoms with Crippen LogP contribution in [0, 0.1) is 11.3 Å². The van der Waals surface area contributed by atoms with E-state index in [9.17, 15) is 9.59 Å². The molecule has 0 spiro atoms. The van der Waals surface area contributed by atoms with Gasteiger partial charge in [0, 0.05) is 26.1 Å². The summed E-state index contributed by atoms with van der Waals surface area (Å²) >= 11 is 0. The molecule has 2 amide bonds. The number of rotatable bonds is 10. The molecule has 6 heteroatoms. The molecule has 0 aliphatic rings. The highest BCUT2D eigenvalue weighted by Crippen LogP contribution is 2.14. The maximum Gasteiger partial charge on any atom is 0.314 e. The standard InChI is InChI=1S/C15H31N3O3/c1-12(6-7-13(19)20)8-9-16-14(21)17-10-15(2,3)11-18(4)5/h12H,6-11H2,1-5H3,(H,19,20)(H2,16,17,21). The van der Waals surface area contributed by atoms with E-state index in [0.29, 0.717) is 25.4 Å². The molecular formula is C15H31N3O3. The minimum atomic E-state index is -0.768. The van der Waals surface area contributed by atoms with Gasteiger partial charge in [0.15, 0.2) is 0 Å². The van der Waals surface area contributed by atoms with Crippen LogP contribution in [-0.2, 0) is 4.79 Å². The van der Waals surface area contributed by atoms with Gasteiger partial charge in [0.2, 0.25) is 0 Å². The van der Waals surface area contributed by atoms with Gasteiger partial charge in [0.1, 0.15) is 0 Å². The second-order valence-electron chi connectivity index (χ2n) is 6.84. The predicted octanol–water partition coefficient (Wildman–Crippen LogP) is 1.76. The minimum Gasteiger partial charge on any atom is -0.481 e. The molecule has 0 aromatic rings. The lowest BCUT2D eigenvalue weighted by molar-refractivity contribution is -0.137. The van der Waals surface area contributed by atoms with Gasteiger partial charge < -0.3 is 20.6 Å². The van der Waals surface area contributed by atoms with Crippen molar-refractivity contribution in [3.63, 3.8) is 0 Å². The van der Waals surface area contributed by atoms with Crippen LogP contribution in [0.15, 0.2) is 0 Å². The van der Waals surface area contributed by atoms with Gasteiger partial charge in [-0.2, -0.15) is 0 Å². The SMILES string of the molecule is CC(CCNC(=O)NCC(C)(C)CN(C)C)CCC(=O)O. The summed E-state index contributed by atoms with van der Waals surface area (Å²) in [4.78, 5) is 24.3. The van der Waals surface area contributed by atoms with Crippen molar-refractivity contribution in [3.8, 4) is 0 Å². The second kappa shape index (κ2) is 9.60. The Labute approximate surface area is 128 Å². The fraction of sp³-hybridized carbons (Fsp3) is 0.867. The molecule has 0 aliphatic carbocycles. The monoisotopic (exact) mass is 301 g/mol. The van der Waals surface area contributed by atoms with E-state index < -0.39 is 5.97 Å². The van der Waals surface area contributed by atoms with Crippen molar-refractivity contribution in [2.24, 2.45) is 11.3 Å². The Morgan fingerprint density at radius 3 is 2.33 bits per heavy atom. The molecule has 0 aromatic carbocycles. The fourth-order valence-electron chi connectivity index (χ4n) is 2.24. The first-order valence-corrected chi connectivity index (χ1v) is 7.50. The molecule has 0 saturated heterocycles. The number of amides is 2. The number of carbonyl (C=O) groups is 2. The molecule has 1 atom stereocenters. The Morgan fingerprint density at radius 1 is 1.19 bits per heavy atom. The lowest BCUT2D eigenvalue weighted by Gasteiger charge is -2.28. The van der Waals surface area contributed by atoms with Crippen molar-refractivity contribution < 1.29 is 14.7 Å². The van der Waals surface area contributed by atoms with Crippen LogP contribution in [-0.4, -0.2) is 55.7 Å². The molecule has 6 nitrogen and oxygen atoms in total. The molecular weight excluding hydrogens is 270 g/mol. The van der Waals surface area contributed by atoms with Gasteiger partial charge in [0.05, 0.1) is 0 Å². The molecule has 3 N–H and O–H groups in total. The van der Waals surface area contributed by atoms with Crippen LogP contribution in [0.5, 0.6) is 0 Å². The van der Waals surface area contributed by atoms with Crippen LogP contribution in [0.4, 0.5) is 4.79 Å². The first kappa shape index (κ1) is 19.7. The van der Waals surface area contributed by atoms with Crippen molar-refractivity contribution in [2.75, 3.05) is 33.7 Å². The summed E-state index contributed by atoms with van der Waals surface area (Å²) < 4.78 is 0. The zero-order valence-corrected chi connectivity index (χ0v) is 14.0. The normalized spacial score (nSPS) is 13.0. The van der Waals surface area contributed by atoms with Crippen LogP contribution in [0.1, 0.15) is 40.0 Å². The van der Waals surface area contributed by atoms with Crippen molar-refractivity contribution in [2.45, 2.75) is 40.0 Å². The summed E-state index contributed by atoms with van der Waals surface area (Å²) in [5.41, 5.74) is 0.0234. The van der Waals surface area contributed by atoms with E-state index in [0.717, 1.165) is 13.0 Å². The van der Waals surface area contributed by atoms with E-state index >= 15 is 0 Å². The number of urea groups is 1. The summed E-state index contributed by atoms with van der Waals surface area (Å²) in [6, 6.07) is -0.160. The summed E-state index contributed by atoms with van der Waals surface area (Å²) in [6.45, 7) is 8.32. The molecule has 0 rings (SSSR count). The van der Waals surface area contributed by atoms with Crippen LogP contribution in [0.25, 0.3) is 0 Å².